The zero-order valence-corrected chi connectivity index (χ0v) is 19.8. The van der Waals surface area contributed by atoms with Crippen LogP contribution >= 0.6 is 11.6 Å². The highest BCUT2D eigenvalue weighted by Crippen LogP contribution is 2.40. The number of hydrogen-bond donors (Lipinski definition) is 1. The van der Waals surface area contributed by atoms with Crippen LogP contribution in [0.3, 0.4) is 0 Å². The van der Waals surface area contributed by atoms with Crippen LogP contribution in [0.15, 0.2) is 48.7 Å². The summed E-state index contributed by atoms with van der Waals surface area (Å²) in [5.41, 5.74) is 1.92. The first-order chi connectivity index (χ1) is 15.1. The summed E-state index contributed by atoms with van der Waals surface area (Å²) in [5.74, 6) is 0.572. The molecule has 0 atom stereocenters. The molecule has 2 aromatic carbocycles. The molecular weight excluding hydrogens is 426 g/mol. The second-order valence-electron chi connectivity index (χ2n) is 9.21. The van der Waals surface area contributed by atoms with Gasteiger partial charge in [-0.3, -0.25) is 0 Å². The lowest BCUT2D eigenvalue weighted by molar-refractivity contribution is -0.00490. The van der Waals surface area contributed by atoms with E-state index in [9.17, 15) is 4.79 Å². The van der Waals surface area contributed by atoms with Crippen LogP contribution in [0.4, 0.5) is 10.5 Å². The highest BCUT2D eigenvalue weighted by atomic mass is 35.5. The molecule has 32 heavy (non-hydrogen) atoms. The number of rotatable bonds is 4. The number of ether oxygens (including phenoxy) is 2. The molecule has 0 bridgehead atoms. The molecule has 1 amide bonds. The molecule has 0 radical (unpaired) electrons. The molecule has 1 aliphatic heterocycles. The quantitative estimate of drug-likeness (QED) is 0.543. The molecule has 3 aromatic rings. The second-order valence-corrected chi connectivity index (χ2v) is 9.62. The Labute approximate surface area is 193 Å². The topological polar surface area (TPSA) is 63.7 Å². The molecule has 7 heteroatoms. The molecule has 1 fully saturated rings. The van der Waals surface area contributed by atoms with Crippen molar-refractivity contribution < 1.29 is 14.3 Å². The van der Waals surface area contributed by atoms with Gasteiger partial charge in [-0.1, -0.05) is 29.8 Å². The van der Waals surface area contributed by atoms with Crippen LogP contribution in [0.5, 0.6) is 5.88 Å². The van der Waals surface area contributed by atoms with E-state index in [1.165, 1.54) is 0 Å². The predicted octanol–water partition coefficient (Wildman–Crippen LogP) is 5.76. The summed E-state index contributed by atoms with van der Waals surface area (Å²) in [6.45, 7) is 8.54. The molecule has 0 saturated carbocycles. The van der Waals surface area contributed by atoms with Crippen LogP contribution < -0.4 is 10.1 Å². The molecular formula is C25H28ClN3O3. The van der Waals surface area contributed by atoms with Gasteiger partial charge in [0, 0.05) is 22.3 Å². The Balaban J connectivity index is 1.69. The van der Waals surface area contributed by atoms with E-state index in [0.717, 1.165) is 27.6 Å². The van der Waals surface area contributed by atoms with E-state index in [1.807, 2.05) is 64.1 Å². The van der Waals surface area contributed by atoms with Crippen molar-refractivity contribution in [1.82, 2.24) is 9.88 Å². The third kappa shape index (κ3) is 4.19. The summed E-state index contributed by atoms with van der Waals surface area (Å²) in [5, 5.41) is 6.33. The number of benzene rings is 2. The molecule has 168 valence electrons. The van der Waals surface area contributed by atoms with E-state index in [2.05, 4.69) is 16.4 Å². The first kappa shape index (κ1) is 22.2. The minimum absolute atomic E-state index is 0.320. The lowest BCUT2D eigenvalue weighted by Gasteiger charge is -2.51. The third-order valence-electron chi connectivity index (χ3n) is 5.66. The fraction of sp³-hybridized carbons (Fsp3) is 0.360. The lowest BCUT2D eigenvalue weighted by Crippen LogP contribution is -2.65. The summed E-state index contributed by atoms with van der Waals surface area (Å²) >= 11 is 6.45. The van der Waals surface area contributed by atoms with Crippen molar-refractivity contribution in [2.24, 2.45) is 0 Å². The molecule has 4 rings (SSSR count). The molecule has 0 aliphatic carbocycles. The number of halogens is 1. The normalized spacial score (nSPS) is 15.2. The van der Waals surface area contributed by atoms with Gasteiger partial charge in [0.25, 0.3) is 0 Å². The fourth-order valence-electron chi connectivity index (χ4n) is 4.16. The van der Waals surface area contributed by atoms with Gasteiger partial charge in [-0.15, -0.1) is 0 Å². The van der Waals surface area contributed by atoms with Crippen molar-refractivity contribution in [2.45, 2.75) is 38.8 Å². The molecule has 1 N–H and O–H groups in total. The molecule has 6 nitrogen and oxygen atoms in total. The van der Waals surface area contributed by atoms with E-state index in [-0.39, 0.29) is 6.09 Å². The van der Waals surface area contributed by atoms with Crippen molar-refractivity contribution in [3.8, 4) is 5.88 Å². The molecule has 0 unspecified atom stereocenters. The lowest BCUT2D eigenvalue weighted by atomic mass is 9.80. The van der Waals surface area contributed by atoms with E-state index >= 15 is 0 Å². The fourth-order valence-corrected chi connectivity index (χ4v) is 4.34. The van der Waals surface area contributed by atoms with Crippen LogP contribution in [-0.2, 0) is 10.3 Å². The van der Waals surface area contributed by atoms with Gasteiger partial charge in [0.05, 0.1) is 25.7 Å². The summed E-state index contributed by atoms with van der Waals surface area (Å²) in [7, 11) is 1.61. The standard InChI is InChI=1S/C25H28ClN3O3/c1-16-20(7-6-8-21(16)26)25(14-29(15-25)23(30)32-24(2,3)4)28-18-10-9-17-11-12-27-22(31-5)19(17)13-18/h6-13,28H,14-15H2,1-5H3. The smallest absolute Gasteiger partial charge is 0.410 e. The molecule has 0 spiro atoms. The first-order valence-corrected chi connectivity index (χ1v) is 10.9. The van der Waals surface area contributed by atoms with Crippen LogP contribution in [0.25, 0.3) is 10.8 Å². The third-order valence-corrected chi connectivity index (χ3v) is 6.07. The molecule has 1 aliphatic rings. The van der Waals surface area contributed by atoms with Gasteiger partial charge in [0.15, 0.2) is 0 Å². The zero-order chi connectivity index (χ0) is 23.1. The Hall–Kier alpha value is -2.99. The Morgan fingerprint density at radius 1 is 1.19 bits per heavy atom. The van der Waals surface area contributed by atoms with Crippen molar-refractivity contribution in [3.63, 3.8) is 0 Å². The van der Waals surface area contributed by atoms with Crippen LogP contribution in [0, 0.1) is 6.92 Å². The number of carbonyl (C=O) groups is 1. The van der Waals surface area contributed by atoms with Gasteiger partial charge in [-0.05, 0) is 68.5 Å². The van der Waals surface area contributed by atoms with Crippen molar-refractivity contribution in [3.05, 3.63) is 64.8 Å². The summed E-state index contributed by atoms with van der Waals surface area (Å²) < 4.78 is 11.0. The van der Waals surface area contributed by atoms with Gasteiger partial charge >= 0.3 is 6.09 Å². The number of aromatic nitrogens is 1. The number of nitrogens with zero attached hydrogens (tertiary/aromatic N) is 2. The summed E-state index contributed by atoms with van der Waals surface area (Å²) in [4.78, 5) is 18.7. The minimum atomic E-state index is -0.545. The van der Waals surface area contributed by atoms with Crippen LogP contribution in [-0.4, -0.2) is 41.8 Å². The number of nitrogens with one attached hydrogen (secondary N) is 1. The van der Waals surface area contributed by atoms with E-state index in [4.69, 9.17) is 21.1 Å². The highest BCUT2D eigenvalue weighted by molar-refractivity contribution is 6.31. The number of carbonyl (C=O) groups excluding carboxylic acids is 1. The minimum Gasteiger partial charge on any atom is -0.481 e. The maximum Gasteiger partial charge on any atom is 0.410 e. The number of methoxy groups -OCH3 is 1. The molecule has 1 saturated heterocycles. The maximum atomic E-state index is 12.6. The monoisotopic (exact) mass is 453 g/mol. The van der Waals surface area contributed by atoms with E-state index < -0.39 is 11.1 Å². The van der Waals surface area contributed by atoms with Crippen molar-refractivity contribution >= 4 is 34.2 Å². The van der Waals surface area contributed by atoms with Crippen LogP contribution in [0.2, 0.25) is 5.02 Å². The second kappa shape index (κ2) is 8.17. The number of pyridine rings is 1. The van der Waals surface area contributed by atoms with E-state index in [1.54, 1.807) is 18.2 Å². The maximum absolute atomic E-state index is 12.6. The molecule has 2 heterocycles. The first-order valence-electron chi connectivity index (χ1n) is 10.6. The average Bonchev–Trinajstić information content (AvgIpc) is 2.70. The predicted molar refractivity (Wildman–Crippen MR) is 128 cm³/mol. The molecule has 1 aromatic heterocycles. The largest absolute Gasteiger partial charge is 0.481 e. The number of amides is 1. The number of hydrogen-bond acceptors (Lipinski definition) is 5. The number of likely N-dealkylation sites (tertiary alicyclic amines) is 1. The Kier molecular flexibility index (Phi) is 5.67. The SMILES string of the molecule is COc1nccc2ccc(NC3(c4cccc(Cl)c4C)CN(C(=O)OC(C)(C)C)C3)cc12. The Morgan fingerprint density at radius 2 is 1.94 bits per heavy atom. The summed E-state index contributed by atoms with van der Waals surface area (Å²) in [6.07, 6.45) is 1.41. The van der Waals surface area contributed by atoms with Crippen molar-refractivity contribution in [2.75, 3.05) is 25.5 Å². The van der Waals surface area contributed by atoms with Gasteiger partial charge in [0.2, 0.25) is 5.88 Å². The summed E-state index contributed by atoms with van der Waals surface area (Å²) in [6, 6.07) is 13.9. The van der Waals surface area contributed by atoms with Gasteiger partial charge in [-0.2, -0.15) is 0 Å². The Bertz CT molecular complexity index is 1170. The van der Waals surface area contributed by atoms with E-state index in [0.29, 0.717) is 24.0 Å². The van der Waals surface area contributed by atoms with Crippen molar-refractivity contribution in [1.29, 1.82) is 0 Å². The average molecular weight is 454 g/mol. The van der Waals surface area contributed by atoms with Gasteiger partial charge in [0.1, 0.15) is 5.60 Å². The Morgan fingerprint density at radius 3 is 2.62 bits per heavy atom. The van der Waals surface area contributed by atoms with Gasteiger partial charge in [-0.25, -0.2) is 9.78 Å². The van der Waals surface area contributed by atoms with Crippen LogP contribution in [0.1, 0.15) is 31.9 Å². The number of fused-ring (bicyclic) bond motifs is 1. The zero-order valence-electron chi connectivity index (χ0n) is 19.0. The van der Waals surface area contributed by atoms with Gasteiger partial charge < -0.3 is 19.7 Å². The highest BCUT2D eigenvalue weighted by Gasteiger charge is 2.48. The number of anilines is 1.